The van der Waals surface area contributed by atoms with Crippen molar-refractivity contribution in [3.8, 4) is 5.75 Å². The van der Waals surface area contributed by atoms with Crippen LogP contribution in [0.25, 0.3) is 0 Å². The lowest BCUT2D eigenvalue weighted by Crippen LogP contribution is -2.18. The van der Waals surface area contributed by atoms with E-state index in [-0.39, 0.29) is 23.3 Å². The van der Waals surface area contributed by atoms with Crippen LogP contribution in [-0.4, -0.2) is 12.6 Å². The predicted octanol–water partition coefficient (Wildman–Crippen LogP) is 4.95. The first-order chi connectivity index (χ1) is 11.4. The van der Waals surface area contributed by atoms with Crippen LogP contribution in [0, 0.1) is 0 Å². The fourth-order valence-electron chi connectivity index (χ4n) is 1.82. The maximum atomic E-state index is 12.8. The van der Waals surface area contributed by atoms with Gasteiger partial charge in [0.2, 0.25) is 0 Å². The standard InChI is InChI=1S/C16H11F5NO2/c17-15(18)13-7-3-1-5-11(13)9-22-23-10-12-6-2-4-8-14(12)24-16(19,20)21/h1-8,15H,10H2. The van der Waals surface area contributed by atoms with Gasteiger partial charge in [0.05, 0.1) is 0 Å². The average molecular weight is 344 g/mol. The molecule has 0 spiro atoms. The second-order valence-corrected chi connectivity index (χ2v) is 4.52. The summed E-state index contributed by atoms with van der Waals surface area (Å²) in [6.45, 7) is -0.337. The number of nitrogens with zero attached hydrogens (tertiary/aromatic N) is 1. The Hall–Kier alpha value is -2.64. The number of para-hydroxylation sites is 1. The molecule has 0 saturated carbocycles. The molecule has 3 nitrogen and oxygen atoms in total. The van der Waals surface area contributed by atoms with Gasteiger partial charge in [0.1, 0.15) is 18.6 Å². The zero-order valence-electron chi connectivity index (χ0n) is 12.1. The molecule has 0 aliphatic carbocycles. The summed E-state index contributed by atoms with van der Waals surface area (Å²) in [4.78, 5) is 4.84. The molecule has 0 N–H and O–H groups in total. The van der Waals surface area contributed by atoms with E-state index in [1.54, 1.807) is 0 Å². The van der Waals surface area contributed by atoms with Crippen LogP contribution in [0.15, 0.2) is 53.7 Å². The Labute approximate surface area is 134 Å². The minimum atomic E-state index is -4.83. The van der Waals surface area contributed by atoms with Gasteiger partial charge >= 0.3 is 6.36 Å². The monoisotopic (exact) mass is 344 g/mol. The number of benzene rings is 2. The van der Waals surface area contributed by atoms with Gasteiger partial charge in [0, 0.05) is 16.7 Å². The Morgan fingerprint density at radius 2 is 1.67 bits per heavy atom. The maximum absolute atomic E-state index is 12.8. The van der Waals surface area contributed by atoms with E-state index in [9.17, 15) is 22.0 Å². The summed E-state index contributed by atoms with van der Waals surface area (Å²) in [5.74, 6) is -0.423. The molecule has 0 heterocycles. The molecule has 0 amide bonds. The highest BCUT2D eigenvalue weighted by molar-refractivity contribution is 5.81. The van der Waals surface area contributed by atoms with Crippen molar-refractivity contribution in [2.24, 2.45) is 5.16 Å². The normalized spacial score (nSPS) is 11.9. The molecule has 0 aliphatic heterocycles. The van der Waals surface area contributed by atoms with Gasteiger partial charge in [-0.15, -0.1) is 13.2 Å². The summed E-state index contributed by atoms with van der Waals surface area (Å²) < 4.78 is 66.2. The lowest BCUT2D eigenvalue weighted by Gasteiger charge is -2.12. The van der Waals surface area contributed by atoms with E-state index in [2.05, 4.69) is 16.1 Å². The van der Waals surface area contributed by atoms with Crippen molar-refractivity contribution in [2.45, 2.75) is 19.4 Å². The van der Waals surface area contributed by atoms with Crippen LogP contribution in [-0.2, 0) is 11.4 Å². The fraction of sp³-hybridized carbons (Fsp3) is 0.188. The largest absolute Gasteiger partial charge is 0.573 e. The maximum Gasteiger partial charge on any atom is 0.573 e. The summed E-state index contributed by atoms with van der Waals surface area (Å²) >= 11 is 0. The summed E-state index contributed by atoms with van der Waals surface area (Å²) in [5.41, 5.74) is -0.138. The van der Waals surface area contributed by atoms with Gasteiger partial charge in [-0.1, -0.05) is 47.6 Å². The molecule has 1 radical (unpaired) electrons. The average Bonchev–Trinajstić information content (AvgIpc) is 2.52. The number of rotatable bonds is 6. The van der Waals surface area contributed by atoms with Crippen LogP contribution < -0.4 is 4.74 Å². The number of hydrogen-bond acceptors (Lipinski definition) is 3. The third-order valence-electron chi connectivity index (χ3n) is 2.84. The second-order valence-electron chi connectivity index (χ2n) is 4.52. The van der Waals surface area contributed by atoms with Gasteiger partial charge in [-0.05, 0) is 6.07 Å². The van der Waals surface area contributed by atoms with Crippen LogP contribution in [0.2, 0.25) is 0 Å². The Kier molecular flexibility index (Phi) is 5.73. The lowest BCUT2D eigenvalue weighted by molar-refractivity contribution is -0.275. The Bertz CT molecular complexity index is 701. The van der Waals surface area contributed by atoms with Gasteiger partial charge in [-0.25, -0.2) is 8.78 Å². The minimum Gasteiger partial charge on any atom is -0.405 e. The number of alkyl halides is 5. The second kappa shape index (κ2) is 7.76. The van der Waals surface area contributed by atoms with Crippen LogP contribution in [0.3, 0.4) is 0 Å². The van der Waals surface area contributed by atoms with E-state index in [4.69, 9.17) is 4.84 Å². The predicted molar refractivity (Wildman–Crippen MR) is 75.9 cm³/mol. The molecule has 0 bridgehead atoms. The molecular weight excluding hydrogens is 333 g/mol. The summed E-state index contributed by atoms with van der Waals surface area (Å²) in [7, 11) is 0. The number of hydrogen-bond donors (Lipinski definition) is 0. The van der Waals surface area contributed by atoms with Gasteiger partial charge < -0.3 is 9.57 Å². The third-order valence-corrected chi connectivity index (χ3v) is 2.84. The quantitative estimate of drug-likeness (QED) is 0.422. The molecule has 0 unspecified atom stereocenters. The molecule has 2 rings (SSSR count). The molecule has 2 aromatic rings. The van der Waals surface area contributed by atoms with Crippen molar-refractivity contribution in [1.82, 2.24) is 0 Å². The van der Waals surface area contributed by atoms with Crippen molar-refractivity contribution in [3.05, 3.63) is 65.2 Å². The van der Waals surface area contributed by atoms with Crippen molar-refractivity contribution in [3.63, 3.8) is 0 Å². The highest BCUT2D eigenvalue weighted by Crippen LogP contribution is 2.26. The Morgan fingerprint density at radius 3 is 2.38 bits per heavy atom. The molecule has 0 aromatic heterocycles. The zero-order chi connectivity index (χ0) is 17.6. The number of halogens is 5. The first-order valence-electron chi connectivity index (χ1n) is 6.65. The van der Waals surface area contributed by atoms with Crippen LogP contribution in [0.1, 0.15) is 23.1 Å². The molecule has 0 saturated heterocycles. The van der Waals surface area contributed by atoms with E-state index in [1.807, 2.05) is 0 Å². The molecule has 2 aromatic carbocycles. The SMILES string of the molecule is FC(F)c1ccccc1/[C]=N\OCc1ccccc1OC(F)(F)F. The highest BCUT2D eigenvalue weighted by Gasteiger charge is 2.32. The molecule has 127 valence electrons. The van der Waals surface area contributed by atoms with Gasteiger partial charge in [0.25, 0.3) is 6.43 Å². The zero-order valence-corrected chi connectivity index (χ0v) is 12.1. The van der Waals surface area contributed by atoms with Gasteiger partial charge in [0.15, 0.2) is 0 Å². The molecule has 0 atom stereocenters. The molecule has 0 aliphatic rings. The summed E-state index contributed by atoms with van der Waals surface area (Å²) in [5, 5.41) is 3.40. The van der Waals surface area contributed by atoms with Crippen molar-refractivity contribution >= 4 is 6.21 Å². The smallest absolute Gasteiger partial charge is 0.405 e. The minimum absolute atomic E-state index is 0.0346. The molecule has 8 heteroatoms. The van der Waals surface area contributed by atoms with Gasteiger partial charge in [-0.3, -0.25) is 0 Å². The molecule has 24 heavy (non-hydrogen) atoms. The van der Waals surface area contributed by atoms with Crippen molar-refractivity contribution in [1.29, 1.82) is 0 Å². The topological polar surface area (TPSA) is 30.8 Å². The van der Waals surface area contributed by atoms with Crippen LogP contribution >= 0.6 is 0 Å². The lowest BCUT2D eigenvalue weighted by atomic mass is 10.1. The fourth-order valence-corrected chi connectivity index (χ4v) is 1.82. The van der Waals surface area contributed by atoms with Crippen LogP contribution in [0.4, 0.5) is 22.0 Å². The summed E-state index contributed by atoms with van der Waals surface area (Å²) in [6.07, 6.45) is -5.24. The van der Waals surface area contributed by atoms with Gasteiger partial charge in [-0.2, -0.15) is 0 Å². The summed E-state index contributed by atoms with van der Waals surface area (Å²) in [6, 6.07) is 10.9. The number of ether oxygens (including phenoxy) is 1. The first kappa shape index (κ1) is 17.7. The van der Waals surface area contributed by atoms with Crippen molar-refractivity contribution < 1.29 is 31.5 Å². The van der Waals surface area contributed by atoms with E-state index in [1.165, 1.54) is 42.5 Å². The Balaban J connectivity index is 2.03. The molecular formula is C16H11F5NO2. The van der Waals surface area contributed by atoms with E-state index in [0.717, 1.165) is 6.07 Å². The first-order valence-corrected chi connectivity index (χ1v) is 6.65. The Morgan fingerprint density at radius 1 is 1.00 bits per heavy atom. The third kappa shape index (κ3) is 5.22. The van der Waals surface area contributed by atoms with E-state index >= 15 is 0 Å². The van der Waals surface area contributed by atoms with Crippen LogP contribution in [0.5, 0.6) is 5.75 Å². The molecule has 0 fully saturated rings. The van der Waals surface area contributed by atoms with Crippen molar-refractivity contribution in [2.75, 3.05) is 0 Å². The highest BCUT2D eigenvalue weighted by atomic mass is 19.4. The van der Waals surface area contributed by atoms with E-state index in [0.29, 0.717) is 0 Å². The van der Waals surface area contributed by atoms with E-state index < -0.39 is 18.5 Å².